The van der Waals surface area contributed by atoms with E-state index in [1.165, 1.54) is 13.2 Å². The van der Waals surface area contributed by atoms with Gasteiger partial charge in [-0.15, -0.1) is 0 Å². The Hall–Kier alpha value is -4.20. The first-order valence-electron chi connectivity index (χ1n) is 10.2. The summed E-state index contributed by atoms with van der Waals surface area (Å²) in [6.07, 6.45) is 0. The molecule has 0 saturated carbocycles. The van der Waals surface area contributed by atoms with Gasteiger partial charge in [-0.3, -0.25) is 9.59 Å². The number of ether oxygens (including phenoxy) is 2. The second kappa shape index (κ2) is 9.95. The predicted molar refractivity (Wildman–Crippen MR) is 122 cm³/mol. The van der Waals surface area contributed by atoms with Gasteiger partial charge in [0.1, 0.15) is 0 Å². The van der Waals surface area contributed by atoms with Crippen LogP contribution in [0.4, 0.5) is 5.69 Å². The summed E-state index contributed by atoms with van der Waals surface area (Å²) in [6.45, 7) is 4.59. The van der Waals surface area contributed by atoms with Crippen LogP contribution in [-0.4, -0.2) is 42.3 Å². The fourth-order valence-corrected chi connectivity index (χ4v) is 3.47. The van der Waals surface area contributed by atoms with E-state index in [2.05, 4.69) is 10.3 Å². The molecule has 8 nitrogen and oxygen atoms in total. The Bertz CT molecular complexity index is 1240. The van der Waals surface area contributed by atoms with Crippen molar-refractivity contribution in [1.82, 2.24) is 4.98 Å². The molecule has 0 radical (unpaired) electrons. The third-order valence-electron chi connectivity index (χ3n) is 5.12. The molecule has 0 fully saturated rings. The first-order valence-corrected chi connectivity index (χ1v) is 10.2. The molecule has 0 atom stereocenters. The minimum atomic E-state index is -0.766. The van der Waals surface area contributed by atoms with E-state index >= 15 is 0 Å². The van der Waals surface area contributed by atoms with Crippen LogP contribution in [0.3, 0.4) is 0 Å². The van der Waals surface area contributed by atoms with E-state index < -0.39 is 24.3 Å². The Morgan fingerprint density at radius 1 is 0.939 bits per heavy atom. The van der Waals surface area contributed by atoms with Crippen molar-refractivity contribution in [1.29, 1.82) is 0 Å². The van der Waals surface area contributed by atoms with Crippen molar-refractivity contribution in [3.05, 3.63) is 87.7 Å². The van der Waals surface area contributed by atoms with E-state index in [4.69, 9.17) is 9.47 Å². The normalized spacial score (nSPS) is 10.4. The average molecular weight is 448 g/mol. The molecule has 170 valence electrons. The smallest absolute Gasteiger partial charge is 0.340 e. The van der Waals surface area contributed by atoms with Crippen LogP contribution in [0, 0.1) is 20.8 Å². The number of nitrogens with one attached hydrogen (secondary N) is 2. The molecular weight excluding hydrogens is 424 g/mol. The Labute approximate surface area is 190 Å². The number of amides is 1. The predicted octanol–water partition coefficient (Wildman–Crippen LogP) is 4.02. The molecule has 0 aliphatic heterocycles. The zero-order valence-corrected chi connectivity index (χ0v) is 18.8. The Morgan fingerprint density at radius 2 is 1.67 bits per heavy atom. The number of carbonyl (C=O) groups excluding carboxylic acids is 4. The van der Waals surface area contributed by atoms with Crippen LogP contribution in [-0.2, 0) is 9.47 Å². The maximum absolute atomic E-state index is 12.7. The molecule has 33 heavy (non-hydrogen) atoms. The van der Waals surface area contributed by atoms with Gasteiger partial charge in [-0.2, -0.15) is 0 Å². The van der Waals surface area contributed by atoms with E-state index in [-0.39, 0.29) is 28.4 Å². The van der Waals surface area contributed by atoms with Crippen LogP contribution in [0.5, 0.6) is 0 Å². The summed E-state index contributed by atoms with van der Waals surface area (Å²) < 4.78 is 9.95. The molecule has 0 unspecified atom stereocenters. The van der Waals surface area contributed by atoms with Crippen molar-refractivity contribution in [2.24, 2.45) is 0 Å². The number of hydrogen-bond acceptors (Lipinski definition) is 6. The highest BCUT2D eigenvalue weighted by Crippen LogP contribution is 2.21. The fraction of sp³-hybridized carbons (Fsp3) is 0.200. The lowest BCUT2D eigenvalue weighted by Gasteiger charge is -2.11. The van der Waals surface area contributed by atoms with Gasteiger partial charge in [0.2, 0.25) is 5.78 Å². The summed E-state index contributed by atoms with van der Waals surface area (Å²) in [6, 6.07) is 13.4. The highest BCUT2D eigenvalue weighted by Gasteiger charge is 2.24. The zero-order chi connectivity index (χ0) is 24.1. The molecule has 0 bridgehead atoms. The summed E-state index contributed by atoms with van der Waals surface area (Å²) in [5.74, 6) is -2.20. The van der Waals surface area contributed by atoms with E-state index in [1.807, 2.05) is 13.0 Å². The summed E-state index contributed by atoms with van der Waals surface area (Å²) in [5, 5.41) is 2.71. The van der Waals surface area contributed by atoms with Crippen LogP contribution in [0.25, 0.3) is 0 Å². The van der Waals surface area contributed by atoms with Crippen molar-refractivity contribution in [2.45, 2.75) is 20.8 Å². The third-order valence-corrected chi connectivity index (χ3v) is 5.12. The van der Waals surface area contributed by atoms with E-state index in [0.29, 0.717) is 16.8 Å². The van der Waals surface area contributed by atoms with Gasteiger partial charge in [-0.25, -0.2) is 9.59 Å². The average Bonchev–Trinajstić information content (AvgIpc) is 3.11. The van der Waals surface area contributed by atoms with Gasteiger partial charge >= 0.3 is 11.9 Å². The van der Waals surface area contributed by atoms with Crippen LogP contribution < -0.4 is 5.32 Å². The Balaban J connectivity index is 1.72. The number of H-pyrrole nitrogens is 1. The number of anilines is 1. The zero-order valence-electron chi connectivity index (χ0n) is 18.8. The molecule has 1 aromatic heterocycles. The van der Waals surface area contributed by atoms with Gasteiger partial charge < -0.3 is 19.8 Å². The number of esters is 2. The molecule has 2 N–H and O–H groups in total. The van der Waals surface area contributed by atoms with Crippen LogP contribution in [0.1, 0.15) is 58.4 Å². The topological polar surface area (TPSA) is 115 Å². The highest BCUT2D eigenvalue weighted by atomic mass is 16.5. The summed E-state index contributed by atoms with van der Waals surface area (Å²) >= 11 is 0. The van der Waals surface area contributed by atoms with Crippen molar-refractivity contribution in [3.63, 3.8) is 0 Å². The number of benzene rings is 2. The Morgan fingerprint density at radius 3 is 2.36 bits per heavy atom. The van der Waals surface area contributed by atoms with Gasteiger partial charge in [0.25, 0.3) is 5.91 Å². The lowest BCUT2D eigenvalue weighted by Crippen LogP contribution is -2.18. The highest BCUT2D eigenvalue weighted by molar-refractivity contribution is 6.08. The quantitative estimate of drug-likeness (QED) is 0.417. The number of ketones is 1. The van der Waals surface area contributed by atoms with Crippen LogP contribution in [0.2, 0.25) is 0 Å². The number of rotatable bonds is 7. The number of methoxy groups -OCH3 is 1. The summed E-state index contributed by atoms with van der Waals surface area (Å²) in [7, 11) is 1.26. The largest absolute Gasteiger partial charge is 0.465 e. The lowest BCUT2D eigenvalue weighted by atomic mass is 10.1. The molecule has 3 aromatic rings. The van der Waals surface area contributed by atoms with Gasteiger partial charge in [0, 0.05) is 11.3 Å². The third kappa shape index (κ3) is 5.17. The number of aromatic nitrogens is 1. The van der Waals surface area contributed by atoms with Gasteiger partial charge in [-0.05, 0) is 50.6 Å². The summed E-state index contributed by atoms with van der Waals surface area (Å²) in [4.78, 5) is 52.7. The number of carbonyl (C=O) groups is 4. The first kappa shape index (κ1) is 23.5. The molecule has 0 spiro atoms. The molecule has 0 aliphatic carbocycles. The number of aryl methyl sites for hydroxylation is 2. The van der Waals surface area contributed by atoms with Crippen LogP contribution in [0.15, 0.2) is 48.5 Å². The molecule has 0 aliphatic rings. The van der Waals surface area contributed by atoms with Crippen molar-refractivity contribution in [2.75, 3.05) is 19.0 Å². The number of aromatic amines is 1. The lowest BCUT2D eigenvalue weighted by molar-refractivity contribution is 0.0474. The van der Waals surface area contributed by atoms with Crippen molar-refractivity contribution in [3.8, 4) is 0 Å². The maximum atomic E-state index is 12.7. The minimum Gasteiger partial charge on any atom is -0.465 e. The van der Waals surface area contributed by atoms with E-state index in [0.717, 1.165) is 5.56 Å². The van der Waals surface area contributed by atoms with Crippen LogP contribution >= 0.6 is 0 Å². The van der Waals surface area contributed by atoms with E-state index in [9.17, 15) is 19.2 Å². The standard InChI is InChI=1S/C25H24N2O6/c1-14-8-7-9-17(12-14)23(29)27-19-11-6-5-10-18(19)24(30)33-13-20(28)22-15(2)21(16(3)26-22)25(31)32-4/h5-12,26H,13H2,1-4H3,(H,27,29). The minimum absolute atomic E-state index is 0.112. The summed E-state index contributed by atoms with van der Waals surface area (Å²) in [5.41, 5.74) is 3.11. The number of para-hydroxylation sites is 1. The molecule has 0 saturated heterocycles. The molecule has 8 heteroatoms. The van der Waals surface area contributed by atoms with E-state index in [1.54, 1.807) is 50.2 Å². The van der Waals surface area contributed by atoms with Gasteiger partial charge in [0.15, 0.2) is 6.61 Å². The Kier molecular flexibility index (Phi) is 7.07. The second-order valence-electron chi connectivity index (χ2n) is 7.49. The fourth-order valence-electron chi connectivity index (χ4n) is 3.47. The molecule has 3 rings (SSSR count). The van der Waals surface area contributed by atoms with Crippen molar-refractivity contribution >= 4 is 29.3 Å². The van der Waals surface area contributed by atoms with Gasteiger partial charge in [0.05, 0.1) is 29.6 Å². The molecule has 1 amide bonds. The second-order valence-corrected chi connectivity index (χ2v) is 7.49. The molecular formula is C25H24N2O6. The number of hydrogen-bond donors (Lipinski definition) is 2. The monoisotopic (exact) mass is 448 g/mol. The molecule has 2 aromatic carbocycles. The molecule has 1 heterocycles. The van der Waals surface area contributed by atoms with Gasteiger partial charge in [-0.1, -0.05) is 29.8 Å². The van der Waals surface area contributed by atoms with Crippen molar-refractivity contribution < 1.29 is 28.7 Å². The first-order chi connectivity index (χ1) is 15.7. The number of Topliss-reactive ketones (excluding diaryl/α,β-unsaturated/α-hetero) is 1. The SMILES string of the molecule is COC(=O)c1c(C)[nH]c(C(=O)COC(=O)c2ccccc2NC(=O)c2cccc(C)c2)c1C. The maximum Gasteiger partial charge on any atom is 0.340 e.